The molecule has 1 heterocycles. The second-order valence-corrected chi connectivity index (χ2v) is 9.97. The van der Waals surface area contributed by atoms with Crippen LogP contribution < -0.4 is 0 Å². The Labute approximate surface area is 169 Å². The molecular weight excluding hydrogens is 435 g/mol. The molecule has 0 saturated carbocycles. The molecule has 0 aliphatic rings. The zero-order valence-electron chi connectivity index (χ0n) is 16.2. The summed E-state index contributed by atoms with van der Waals surface area (Å²) in [7, 11) is 0. The van der Waals surface area contributed by atoms with Crippen LogP contribution in [-0.2, 0) is 10.8 Å². The van der Waals surface area contributed by atoms with Crippen LogP contribution in [0.2, 0.25) is 0 Å². The van der Waals surface area contributed by atoms with Gasteiger partial charge >= 0.3 is 0 Å². The van der Waals surface area contributed by atoms with Crippen LogP contribution in [0.15, 0.2) is 46.9 Å². The molecule has 3 rings (SSSR count). The maximum Gasteiger partial charge on any atom is 0.248 e. The van der Waals surface area contributed by atoms with Gasteiger partial charge in [0.15, 0.2) is 0 Å². The third kappa shape index (κ3) is 4.17. The van der Waals surface area contributed by atoms with Crippen LogP contribution in [0.3, 0.4) is 0 Å². The van der Waals surface area contributed by atoms with Gasteiger partial charge in [0.25, 0.3) is 0 Å². The van der Waals surface area contributed by atoms with Crippen LogP contribution in [0.25, 0.3) is 22.9 Å². The maximum atomic E-state index is 6.02. The Morgan fingerprint density at radius 2 is 1.27 bits per heavy atom. The van der Waals surface area contributed by atoms with Gasteiger partial charge in [-0.1, -0.05) is 53.7 Å². The van der Waals surface area contributed by atoms with Gasteiger partial charge in [-0.15, -0.1) is 10.2 Å². The minimum Gasteiger partial charge on any atom is -0.416 e. The molecule has 0 unspecified atom stereocenters. The Morgan fingerprint density at radius 3 is 1.77 bits per heavy atom. The van der Waals surface area contributed by atoms with Gasteiger partial charge in [0.05, 0.1) is 0 Å². The van der Waals surface area contributed by atoms with E-state index in [2.05, 4.69) is 92.5 Å². The van der Waals surface area contributed by atoms with Crippen LogP contribution in [-0.4, -0.2) is 10.2 Å². The Balaban J connectivity index is 2.09. The third-order valence-corrected chi connectivity index (χ3v) is 5.08. The molecule has 0 amide bonds. The summed E-state index contributed by atoms with van der Waals surface area (Å²) >= 11 is 2.29. The molecule has 0 aliphatic carbocycles. The summed E-state index contributed by atoms with van der Waals surface area (Å²) in [6, 6.07) is 14.7. The molecule has 3 nitrogen and oxygen atoms in total. The maximum absolute atomic E-state index is 6.02. The number of rotatable bonds is 2. The molecule has 0 N–H and O–H groups in total. The van der Waals surface area contributed by atoms with Crippen LogP contribution in [0.4, 0.5) is 0 Å². The fourth-order valence-corrected chi connectivity index (χ4v) is 3.24. The molecule has 0 spiro atoms. The monoisotopic (exact) mass is 460 g/mol. The first-order valence-corrected chi connectivity index (χ1v) is 9.88. The number of benzene rings is 2. The first-order valence-electron chi connectivity index (χ1n) is 8.80. The highest BCUT2D eigenvalue weighted by Gasteiger charge is 2.22. The number of hydrogen-bond donors (Lipinski definition) is 0. The fraction of sp³-hybridized carbons (Fsp3) is 0.364. The SMILES string of the molecule is CC(C)(C)c1cc(-c2nnc(-c3cccc(I)c3)o2)cc(C(C)(C)C)c1. The standard InChI is InChI=1S/C22H25IN2O/c1-21(2,3)16-10-15(11-17(13-16)22(4,5)6)20-25-24-19(26-20)14-8-7-9-18(23)12-14/h7-13H,1-6H3. The van der Waals surface area contributed by atoms with Crippen LogP contribution in [0.1, 0.15) is 52.7 Å². The van der Waals surface area contributed by atoms with E-state index in [-0.39, 0.29) is 10.8 Å². The van der Waals surface area contributed by atoms with Crippen LogP contribution >= 0.6 is 22.6 Å². The van der Waals surface area contributed by atoms with E-state index in [1.165, 1.54) is 11.1 Å². The van der Waals surface area contributed by atoms with Crippen molar-refractivity contribution in [1.29, 1.82) is 0 Å². The zero-order valence-corrected chi connectivity index (χ0v) is 18.4. The quantitative estimate of drug-likeness (QED) is 0.405. The van der Waals surface area contributed by atoms with Gasteiger partial charge < -0.3 is 4.42 Å². The molecule has 0 radical (unpaired) electrons. The highest BCUT2D eigenvalue weighted by molar-refractivity contribution is 14.1. The summed E-state index contributed by atoms with van der Waals surface area (Å²) in [5, 5.41) is 8.59. The molecule has 1 aromatic heterocycles. The second kappa shape index (κ2) is 6.80. The molecule has 3 aromatic rings. The lowest BCUT2D eigenvalue weighted by molar-refractivity contribution is 0.564. The highest BCUT2D eigenvalue weighted by Crippen LogP contribution is 2.34. The van der Waals surface area contributed by atoms with Crippen molar-refractivity contribution < 1.29 is 4.42 Å². The van der Waals surface area contributed by atoms with E-state index in [9.17, 15) is 0 Å². The van der Waals surface area contributed by atoms with Gasteiger partial charge in [0.1, 0.15) is 0 Å². The first kappa shape index (κ1) is 19.1. The molecule has 0 saturated heterocycles. The Hall–Kier alpha value is -1.69. The minimum atomic E-state index is 0.0500. The predicted molar refractivity (Wildman–Crippen MR) is 115 cm³/mol. The smallest absolute Gasteiger partial charge is 0.248 e. The minimum absolute atomic E-state index is 0.0500. The molecule has 136 valence electrons. The summed E-state index contributed by atoms with van der Waals surface area (Å²) in [4.78, 5) is 0. The Morgan fingerprint density at radius 1 is 0.731 bits per heavy atom. The largest absolute Gasteiger partial charge is 0.416 e. The molecule has 4 heteroatoms. The molecule has 0 aliphatic heterocycles. The summed E-state index contributed by atoms with van der Waals surface area (Å²) < 4.78 is 7.16. The van der Waals surface area contributed by atoms with Gasteiger partial charge in [0.2, 0.25) is 11.8 Å². The van der Waals surface area contributed by atoms with E-state index in [4.69, 9.17) is 4.42 Å². The van der Waals surface area contributed by atoms with Crippen molar-refractivity contribution in [2.45, 2.75) is 52.4 Å². The van der Waals surface area contributed by atoms with Gasteiger partial charge in [-0.2, -0.15) is 0 Å². The topological polar surface area (TPSA) is 38.9 Å². The van der Waals surface area contributed by atoms with Gasteiger partial charge in [-0.25, -0.2) is 0 Å². The number of hydrogen-bond acceptors (Lipinski definition) is 3. The van der Waals surface area contributed by atoms with Crippen molar-refractivity contribution in [3.05, 3.63) is 57.2 Å². The lowest BCUT2D eigenvalue weighted by Crippen LogP contribution is -2.16. The molecule has 0 bridgehead atoms. The fourth-order valence-electron chi connectivity index (χ4n) is 2.70. The van der Waals surface area contributed by atoms with Crippen LogP contribution in [0, 0.1) is 3.57 Å². The zero-order chi connectivity index (χ0) is 19.1. The lowest BCUT2D eigenvalue weighted by atomic mass is 9.79. The average Bonchev–Trinajstić information content (AvgIpc) is 3.03. The van der Waals surface area contributed by atoms with Crippen molar-refractivity contribution in [1.82, 2.24) is 10.2 Å². The van der Waals surface area contributed by atoms with Gasteiger partial charge in [-0.3, -0.25) is 0 Å². The molecule has 2 aromatic carbocycles. The number of aromatic nitrogens is 2. The van der Waals surface area contributed by atoms with E-state index in [1.807, 2.05) is 24.3 Å². The average molecular weight is 460 g/mol. The summed E-state index contributed by atoms with van der Waals surface area (Å²) in [5.41, 5.74) is 4.57. The second-order valence-electron chi connectivity index (χ2n) is 8.72. The Bertz CT molecular complexity index is 898. The van der Waals surface area contributed by atoms with Crippen molar-refractivity contribution in [3.63, 3.8) is 0 Å². The number of nitrogens with zero attached hydrogens (tertiary/aromatic N) is 2. The summed E-state index contributed by atoms with van der Waals surface area (Å²) in [6.45, 7) is 13.4. The van der Waals surface area contributed by atoms with Crippen LogP contribution in [0.5, 0.6) is 0 Å². The predicted octanol–water partition coefficient (Wildman–Crippen LogP) is 6.60. The van der Waals surface area contributed by atoms with Crippen molar-refractivity contribution in [2.24, 2.45) is 0 Å². The van der Waals surface area contributed by atoms with E-state index in [0.29, 0.717) is 11.8 Å². The molecular formula is C22H25IN2O. The summed E-state index contributed by atoms with van der Waals surface area (Å²) in [6.07, 6.45) is 0. The van der Waals surface area contributed by atoms with Gasteiger partial charge in [-0.05, 0) is 74.9 Å². The van der Waals surface area contributed by atoms with E-state index >= 15 is 0 Å². The third-order valence-electron chi connectivity index (χ3n) is 4.41. The van der Waals surface area contributed by atoms with E-state index in [1.54, 1.807) is 0 Å². The van der Waals surface area contributed by atoms with Gasteiger partial charge in [0, 0.05) is 14.7 Å². The molecule has 26 heavy (non-hydrogen) atoms. The molecule has 0 atom stereocenters. The van der Waals surface area contributed by atoms with E-state index < -0.39 is 0 Å². The van der Waals surface area contributed by atoms with E-state index in [0.717, 1.165) is 14.7 Å². The van der Waals surface area contributed by atoms with Crippen molar-refractivity contribution in [2.75, 3.05) is 0 Å². The highest BCUT2D eigenvalue weighted by atomic mass is 127. The Kier molecular flexibility index (Phi) is 4.99. The van der Waals surface area contributed by atoms with Crippen molar-refractivity contribution in [3.8, 4) is 22.9 Å². The lowest BCUT2D eigenvalue weighted by Gasteiger charge is -2.25. The normalized spacial score (nSPS) is 12.4. The molecule has 0 fully saturated rings. The summed E-state index contributed by atoms with van der Waals surface area (Å²) in [5.74, 6) is 1.12. The number of halogens is 1. The first-order chi connectivity index (χ1) is 12.0. The van der Waals surface area contributed by atoms with Crippen molar-refractivity contribution >= 4 is 22.6 Å².